The molecule has 0 saturated heterocycles. The van der Waals surface area contributed by atoms with Gasteiger partial charge in [-0.2, -0.15) is 5.10 Å². The largest absolute Gasteiger partial charge is 0.384 e. The van der Waals surface area contributed by atoms with Crippen LogP contribution in [0.15, 0.2) is 53.7 Å². The number of hydrogen-bond acceptors (Lipinski definition) is 4. The molecule has 0 bridgehead atoms. The fraction of sp³-hybridized carbons (Fsp3) is 0.0556. The van der Waals surface area contributed by atoms with Gasteiger partial charge in [0.25, 0.3) is 5.56 Å². The molecule has 3 aromatic heterocycles. The molecule has 4 aromatic rings. The van der Waals surface area contributed by atoms with Gasteiger partial charge < -0.3 is 5.73 Å². The molecule has 0 aliphatic heterocycles. The number of fused-ring (bicyclic) bond motifs is 1. The third kappa shape index (κ3) is 2.93. The maximum absolute atomic E-state index is 13.9. The SMILES string of the molecule is Nc1cc(-n2ccc3c(cnn3Cc3c(F)cccc3F)c2=O)c(Cl)cn1. The van der Waals surface area contributed by atoms with Crippen molar-refractivity contribution in [3.05, 3.63) is 81.5 Å². The van der Waals surface area contributed by atoms with E-state index in [1.165, 1.54) is 52.1 Å². The number of aromatic nitrogens is 4. The van der Waals surface area contributed by atoms with Crippen molar-refractivity contribution in [2.45, 2.75) is 6.54 Å². The zero-order chi connectivity index (χ0) is 19.1. The van der Waals surface area contributed by atoms with E-state index in [2.05, 4.69) is 10.1 Å². The van der Waals surface area contributed by atoms with Crippen LogP contribution in [-0.2, 0) is 6.54 Å². The lowest BCUT2D eigenvalue weighted by atomic mass is 10.2. The van der Waals surface area contributed by atoms with Crippen LogP contribution in [0.3, 0.4) is 0 Å². The summed E-state index contributed by atoms with van der Waals surface area (Å²) in [6.45, 7) is -0.144. The van der Waals surface area contributed by atoms with Gasteiger partial charge >= 0.3 is 0 Å². The number of nitrogens with two attached hydrogens (primary N) is 1. The van der Waals surface area contributed by atoms with Crippen LogP contribution in [-0.4, -0.2) is 19.3 Å². The third-order valence-corrected chi connectivity index (χ3v) is 4.49. The van der Waals surface area contributed by atoms with E-state index in [9.17, 15) is 13.6 Å². The Labute approximate surface area is 156 Å². The molecular formula is C18H12ClF2N5O. The van der Waals surface area contributed by atoms with Crippen molar-refractivity contribution in [2.24, 2.45) is 0 Å². The predicted octanol–water partition coefficient (Wildman–Crippen LogP) is 3.14. The maximum atomic E-state index is 13.9. The molecule has 9 heteroatoms. The van der Waals surface area contributed by atoms with Crippen molar-refractivity contribution in [3.63, 3.8) is 0 Å². The first kappa shape index (κ1) is 17.2. The highest BCUT2D eigenvalue weighted by Crippen LogP contribution is 2.22. The first-order valence-corrected chi connectivity index (χ1v) is 8.25. The van der Waals surface area contributed by atoms with E-state index in [1.807, 2.05) is 0 Å². The minimum Gasteiger partial charge on any atom is -0.384 e. The molecular weight excluding hydrogens is 376 g/mol. The van der Waals surface area contributed by atoms with Crippen LogP contribution < -0.4 is 11.3 Å². The van der Waals surface area contributed by atoms with Gasteiger partial charge in [0, 0.05) is 17.8 Å². The summed E-state index contributed by atoms with van der Waals surface area (Å²) in [4.78, 5) is 16.7. The van der Waals surface area contributed by atoms with E-state index in [1.54, 1.807) is 6.07 Å². The minimum absolute atomic E-state index is 0.128. The second-order valence-electron chi connectivity index (χ2n) is 5.85. The zero-order valence-electron chi connectivity index (χ0n) is 13.7. The van der Waals surface area contributed by atoms with E-state index in [4.69, 9.17) is 17.3 Å². The summed E-state index contributed by atoms with van der Waals surface area (Å²) in [7, 11) is 0. The molecule has 1 aromatic carbocycles. The Hall–Kier alpha value is -3.26. The Morgan fingerprint density at radius 3 is 2.63 bits per heavy atom. The van der Waals surface area contributed by atoms with Crippen molar-refractivity contribution < 1.29 is 8.78 Å². The summed E-state index contributed by atoms with van der Waals surface area (Å²) in [5.74, 6) is -1.14. The molecule has 0 amide bonds. The van der Waals surface area contributed by atoms with Crippen molar-refractivity contribution in [1.29, 1.82) is 0 Å². The van der Waals surface area contributed by atoms with E-state index < -0.39 is 11.6 Å². The van der Waals surface area contributed by atoms with Crippen LogP contribution in [0, 0.1) is 11.6 Å². The molecule has 4 rings (SSSR count). The van der Waals surface area contributed by atoms with Gasteiger partial charge in [-0.05, 0) is 18.2 Å². The Morgan fingerprint density at radius 2 is 1.89 bits per heavy atom. The van der Waals surface area contributed by atoms with Crippen molar-refractivity contribution in [3.8, 4) is 5.69 Å². The molecule has 6 nitrogen and oxygen atoms in total. The maximum Gasteiger partial charge on any atom is 0.266 e. The first-order chi connectivity index (χ1) is 13.0. The number of rotatable bonds is 3. The van der Waals surface area contributed by atoms with Crippen LogP contribution >= 0.6 is 11.6 Å². The van der Waals surface area contributed by atoms with Crippen LogP contribution in [0.25, 0.3) is 16.6 Å². The van der Waals surface area contributed by atoms with Crippen molar-refractivity contribution in [1.82, 2.24) is 19.3 Å². The number of hydrogen-bond donors (Lipinski definition) is 1. The van der Waals surface area contributed by atoms with E-state index in [0.717, 1.165) is 0 Å². The molecule has 0 saturated carbocycles. The lowest BCUT2D eigenvalue weighted by molar-refractivity contribution is 0.537. The second kappa shape index (κ2) is 6.48. The van der Waals surface area contributed by atoms with Crippen molar-refractivity contribution >= 4 is 28.3 Å². The summed E-state index contributed by atoms with van der Waals surface area (Å²) < 4.78 is 30.5. The minimum atomic E-state index is -0.675. The molecule has 0 aliphatic rings. The smallest absolute Gasteiger partial charge is 0.266 e. The topological polar surface area (TPSA) is 78.7 Å². The van der Waals surface area contributed by atoms with E-state index in [-0.39, 0.29) is 33.9 Å². The number of anilines is 1. The Kier molecular flexibility index (Phi) is 4.12. The van der Waals surface area contributed by atoms with Gasteiger partial charge in [-0.1, -0.05) is 17.7 Å². The Balaban J connectivity index is 1.83. The summed E-state index contributed by atoms with van der Waals surface area (Å²) in [5.41, 5.74) is 5.98. The van der Waals surface area contributed by atoms with Gasteiger partial charge in [0.05, 0.1) is 40.6 Å². The van der Waals surface area contributed by atoms with Crippen molar-refractivity contribution in [2.75, 3.05) is 5.73 Å². The molecule has 0 fully saturated rings. The van der Waals surface area contributed by atoms with Crippen LogP contribution in [0.4, 0.5) is 14.6 Å². The molecule has 0 radical (unpaired) electrons. The summed E-state index contributed by atoms with van der Waals surface area (Å²) in [5, 5.41) is 4.64. The molecule has 0 aliphatic carbocycles. The van der Waals surface area contributed by atoms with Crippen LogP contribution in [0.1, 0.15) is 5.56 Å². The average molecular weight is 388 g/mol. The second-order valence-corrected chi connectivity index (χ2v) is 6.26. The summed E-state index contributed by atoms with van der Waals surface area (Å²) in [6, 6.07) is 6.74. The normalized spacial score (nSPS) is 11.2. The molecule has 27 heavy (non-hydrogen) atoms. The van der Waals surface area contributed by atoms with Crippen LogP contribution in [0.2, 0.25) is 5.02 Å². The van der Waals surface area contributed by atoms with Gasteiger partial charge in [-0.25, -0.2) is 13.8 Å². The fourth-order valence-electron chi connectivity index (χ4n) is 2.86. The number of pyridine rings is 2. The number of nitrogen functional groups attached to an aromatic ring is 1. The molecule has 136 valence electrons. The van der Waals surface area contributed by atoms with E-state index in [0.29, 0.717) is 11.2 Å². The molecule has 3 heterocycles. The average Bonchev–Trinajstić information content (AvgIpc) is 3.05. The fourth-order valence-corrected chi connectivity index (χ4v) is 3.05. The van der Waals surface area contributed by atoms with Gasteiger partial charge in [-0.3, -0.25) is 14.0 Å². The highest BCUT2D eigenvalue weighted by atomic mass is 35.5. The molecule has 0 spiro atoms. The summed E-state index contributed by atoms with van der Waals surface area (Å²) in [6.07, 6.45) is 4.21. The van der Waals surface area contributed by atoms with Gasteiger partial charge in [-0.15, -0.1) is 0 Å². The predicted molar refractivity (Wildman–Crippen MR) is 98.0 cm³/mol. The molecule has 0 atom stereocenters. The molecule has 0 unspecified atom stereocenters. The standard InChI is InChI=1S/C18H12ClF2N5O/c19-12-8-23-17(22)6-16(12)25-5-4-15-10(18(25)27)7-24-26(15)9-11-13(20)2-1-3-14(11)21/h1-8H,9H2,(H2,22,23). The number of halogens is 3. The first-order valence-electron chi connectivity index (χ1n) is 7.87. The summed E-state index contributed by atoms with van der Waals surface area (Å²) >= 11 is 6.12. The van der Waals surface area contributed by atoms with Gasteiger partial charge in [0.2, 0.25) is 0 Å². The number of nitrogens with zero attached hydrogens (tertiary/aromatic N) is 4. The van der Waals surface area contributed by atoms with Gasteiger partial charge in [0.1, 0.15) is 17.5 Å². The Morgan fingerprint density at radius 1 is 1.15 bits per heavy atom. The highest BCUT2D eigenvalue weighted by Gasteiger charge is 2.15. The third-order valence-electron chi connectivity index (χ3n) is 4.20. The zero-order valence-corrected chi connectivity index (χ0v) is 14.5. The Bertz CT molecular complexity index is 1210. The lowest BCUT2D eigenvalue weighted by Crippen LogP contribution is -2.18. The van der Waals surface area contributed by atoms with E-state index >= 15 is 0 Å². The monoisotopic (exact) mass is 387 g/mol. The van der Waals surface area contributed by atoms with Gasteiger partial charge in [0.15, 0.2) is 0 Å². The highest BCUT2D eigenvalue weighted by molar-refractivity contribution is 6.32. The molecule has 2 N–H and O–H groups in total. The quantitative estimate of drug-likeness (QED) is 0.585. The van der Waals surface area contributed by atoms with Crippen LogP contribution in [0.5, 0.6) is 0 Å². The lowest BCUT2D eigenvalue weighted by Gasteiger charge is -2.10. The number of benzene rings is 1.